The highest BCUT2D eigenvalue weighted by Crippen LogP contribution is 2.32. The van der Waals surface area contributed by atoms with Crippen LogP contribution in [-0.4, -0.2) is 54.0 Å². The van der Waals surface area contributed by atoms with E-state index < -0.39 is 0 Å². The smallest absolute Gasteiger partial charge is 0.0619 e. The van der Waals surface area contributed by atoms with Crippen molar-refractivity contribution >= 4 is 0 Å². The normalized spacial score (nSPS) is 43.4. The first-order valence-corrected chi connectivity index (χ1v) is 5.88. The van der Waals surface area contributed by atoms with E-state index in [-0.39, 0.29) is 12.1 Å². The highest BCUT2D eigenvalue weighted by Gasteiger charge is 2.39. The lowest BCUT2D eigenvalue weighted by molar-refractivity contribution is -0.0222. The molecule has 1 aliphatic heterocycles. The number of aliphatic hydroxyl groups is 1. The summed E-state index contributed by atoms with van der Waals surface area (Å²) in [6.45, 7) is 4.98. The Kier molecular flexibility index (Phi) is 3.30. The molecule has 2 aliphatic rings. The third-order valence-corrected chi connectivity index (χ3v) is 3.82. The van der Waals surface area contributed by atoms with Crippen LogP contribution in [0.4, 0.5) is 0 Å². The van der Waals surface area contributed by atoms with Crippen LogP contribution in [0.15, 0.2) is 0 Å². The lowest BCUT2D eigenvalue weighted by Crippen LogP contribution is -2.50. The van der Waals surface area contributed by atoms with Gasteiger partial charge in [0.2, 0.25) is 0 Å². The van der Waals surface area contributed by atoms with Gasteiger partial charge in [0.25, 0.3) is 0 Å². The molecule has 3 atom stereocenters. The minimum absolute atomic E-state index is 0.113. The first-order chi connectivity index (χ1) is 7.14. The van der Waals surface area contributed by atoms with Crippen LogP contribution >= 0.6 is 0 Å². The molecule has 0 amide bonds. The van der Waals surface area contributed by atoms with Gasteiger partial charge in [-0.2, -0.15) is 0 Å². The van der Waals surface area contributed by atoms with Gasteiger partial charge in [-0.15, -0.1) is 0 Å². The zero-order chi connectivity index (χ0) is 10.9. The maximum Gasteiger partial charge on any atom is 0.0619 e. The van der Waals surface area contributed by atoms with E-state index in [2.05, 4.69) is 11.8 Å². The highest BCUT2D eigenvalue weighted by molar-refractivity contribution is 4.98. The first-order valence-electron chi connectivity index (χ1n) is 5.88. The Hall–Kier alpha value is -0.160. The van der Waals surface area contributed by atoms with Gasteiger partial charge in [-0.1, -0.05) is 0 Å². The van der Waals surface area contributed by atoms with Crippen molar-refractivity contribution in [2.75, 3.05) is 26.4 Å². The molecule has 4 heteroatoms. The maximum atomic E-state index is 9.24. The number of rotatable bonds is 2. The summed E-state index contributed by atoms with van der Waals surface area (Å²) in [7, 11) is 0. The van der Waals surface area contributed by atoms with Crippen molar-refractivity contribution in [3.63, 3.8) is 0 Å². The van der Waals surface area contributed by atoms with E-state index >= 15 is 0 Å². The van der Waals surface area contributed by atoms with Gasteiger partial charge < -0.3 is 15.6 Å². The second kappa shape index (κ2) is 4.37. The molecule has 0 aromatic carbocycles. The fraction of sp³-hybridized carbons (Fsp3) is 1.00. The standard InChI is InChI=1S/C11H22N2O2/c1-9-7-15-5-4-13(9)10-2-3-11(12,6-10)8-14/h9-10,14H,2-8,12H2,1H3. The van der Waals surface area contributed by atoms with Gasteiger partial charge in [-0.25, -0.2) is 0 Å². The van der Waals surface area contributed by atoms with E-state index in [0.29, 0.717) is 12.1 Å². The molecular formula is C11H22N2O2. The summed E-state index contributed by atoms with van der Waals surface area (Å²) >= 11 is 0. The maximum absolute atomic E-state index is 9.24. The Bertz CT molecular complexity index is 225. The van der Waals surface area contributed by atoms with Crippen LogP contribution in [0.1, 0.15) is 26.2 Å². The largest absolute Gasteiger partial charge is 0.394 e. The van der Waals surface area contributed by atoms with Gasteiger partial charge in [-0.05, 0) is 26.2 Å². The summed E-state index contributed by atoms with van der Waals surface area (Å²) in [6.07, 6.45) is 2.98. The van der Waals surface area contributed by atoms with E-state index in [0.717, 1.165) is 39.0 Å². The number of nitrogens with two attached hydrogens (primary N) is 1. The molecule has 0 radical (unpaired) electrons. The second-order valence-corrected chi connectivity index (χ2v) is 5.08. The van der Waals surface area contributed by atoms with Crippen LogP contribution in [0.5, 0.6) is 0 Å². The predicted molar refractivity (Wildman–Crippen MR) is 58.6 cm³/mol. The van der Waals surface area contributed by atoms with E-state index in [4.69, 9.17) is 10.5 Å². The number of nitrogens with zero attached hydrogens (tertiary/aromatic N) is 1. The Morgan fingerprint density at radius 3 is 3.00 bits per heavy atom. The lowest BCUT2D eigenvalue weighted by Gasteiger charge is -2.38. The quantitative estimate of drug-likeness (QED) is 0.676. The Morgan fingerprint density at radius 1 is 1.60 bits per heavy atom. The summed E-state index contributed by atoms with van der Waals surface area (Å²) in [5.74, 6) is 0. The molecule has 1 saturated heterocycles. The van der Waals surface area contributed by atoms with E-state index in [9.17, 15) is 5.11 Å². The molecule has 3 unspecified atom stereocenters. The van der Waals surface area contributed by atoms with Crippen LogP contribution in [0, 0.1) is 0 Å². The van der Waals surface area contributed by atoms with Crippen LogP contribution in [0.2, 0.25) is 0 Å². The van der Waals surface area contributed by atoms with Crippen molar-refractivity contribution < 1.29 is 9.84 Å². The topological polar surface area (TPSA) is 58.7 Å². The van der Waals surface area contributed by atoms with Gasteiger partial charge in [-0.3, -0.25) is 4.90 Å². The molecule has 1 aliphatic carbocycles. The molecule has 4 nitrogen and oxygen atoms in total. The Labute approximate surface area is 91.4 Å². The first kappa shape index (κ1) is 11.3. The average Bonchev–Trinajstić information content (AvgIpc) is 2.63. The summed E-state index contributed by atoms with van der Waals surface area (Å²) < 4.78 is 5.43. The molecule has 0 spiro atoms. The zero-order valence-electron chi connectivity index (χ0n) is 9.48. The van der Waals surface area contributed by atoms with Gasteiger partial charge >= 0.3 is 0 Å². The monoisotopic (exact) mass is 214 g/mol. The number of hydrogen-bond donors (Lipinski definition) is 2. The number of ether oxygens (including phenoxy) is 1. The van der Waals surface area contributed by atoms with Crippen LogP contribution in [-0.2, 0) is 4.74 Å². The summed E-state index contributed by atoms with van der Waals surface area (Å²) in [4.78, 5) is 2.49. The fourth-order valence-electron chi connectivity index (χ4n) is 2.84. The van der Waals surface area contributed by atoms with Gasteiger partial charge in [0.05, 0.1) is 19.8 Å². The van der Waals surface area contributed by atoms with Crippen LogP contribution in [0.3, 0.4) is 0 Å². The molecule has 1 heterocycles. The van der Waals surface area contributed by atoms with E-state index in [1.165, 1.54) is 0 Å². The van der Waals surface area contributed by atoms with Gasteiger partial charge in [0, 0.05) is 24.2 Å². The van der Waals surface area contributed by atoms with Crippen LogP contribution in [0.25, 0.3) is 0 Å². The third-order valence-electron chi connectivity index (χ3n) is 3.82. The van der Waals surface area contributed by atoms with Crippen LogP contribution < -0.4 is 5.73 Å². The minimum atomic E-state index is -0.331. The summed E-state index contributed by atoms with van der Waals surface area (Å²) in [5, 5.41) is 9.24. The summed E-state index contributed by atoms with van der Waals surface area (Å²) in [6, 6.07) is 1.03. The SMILES string of the molecule is CC1COCCN1C1CCC(N)(CO)C1. The van der Waals surface area contributed by atoms with Crippen molar-refractivity contribution in [3.05, 3.63) is 0 Å². The molecule has 3 N–H and O–H groups in total. The fourth-order valence-corrected chi connectivity index (χ4v) is 2.84. The molecule has 0 aromatic heterocycles. The van der Waals surface area contributed by atoms with Crippen molar-refractivity contribution in [3.8, 4) is 0 Å². The van der Waals surface area contributed by atoms with Crippen molar-refractivity contribution in [2.45, 2.75) is 43.8 Å². The molecule has 0 bridgehead atoms. The Balaban J connectivity index is 1.94. The van der Waals surface area contributed by atoms with Crippen molar-refractivity contribution in [2.24, 2.45) is 5.73 Å². The second-order valence-electron chi connectivity index (χ2n) is 5.08. The number of hydrogen-bond acceptors (Lipinski definition) is 4. The highest BCUT2D eigenvalue weighted by atomic mass is 16.5. The molecule has 2 fully saturated rings. The summed E-state index contributed by atoms with van der Waals surface area (Å²) in [5.41, 5.74) is 5.76. The Morgan fingerprint density at radius 2 is 2.40 bits per heavy atom. The lowest BCUT2D eigenvalue weighted by atomic mass is 10.00. The zero-order valence-corrected chi connectivity index (χ0v) is 9.48. The van der Waals surface area contributed by atoms with Gasteiger partial charge in [0.1, 0.15) is 0 Å². The minimum Gasteiger partial charge on any atom is -0.394 e. The third kappa shape index (κ3) is 2.33. The van der Waals surface area contributed by atoms with Crippen molar-refractivity contribution in [1.82, 2.24) is 4.90 Å². The molecule has 88 valence electrons. The number of morpholine rings is 1. The van der Waals surface area contributed by atoms with E-state index in [1.54, 1.807) is 0 Å². The van der Waals surface area contributed by atoms with Crippen molar-refractivity contribution in [1.29, 1.82) is 0 Å². The molecule has 15 heavy (non-hydrogen) atoms. The molecule has 2 rings (SSSR count). The predicted octanol–water partition coefficient (Wildman–Crippen LogP) is -0.0506. The van der Waals surface area contributed by atoms with E-state index in [1.807, 2.05) is 0 Å². The molecule has 0 aromatic rings. The number of aliphatic hydroxyl groups excluding tert-OH is 1. The molecule has 1 saturated carbocycles. The average molecular weight is 214 g/mol. The van der Waals surface area contributed by atoms with Gasteiger partial charge in [0.15, 0.2) is 0 Å². The molecular weight excluding hydrogens is 192 g/mol.